The van der Waals surface area contributed by atoms with Crippen molar-refractivity contribution in [3.8, 4) is 0 Å². The van der Waals surface area contributed by atoms with Gasteiger partial charge in [-0.05, 0) is 18.4 Å². The molecule has 27 heavy (non-hydrogen) atoms. The summed E-state index contributed by atoms with van der Waals surface area (Å²) in [6, 6.07) is 7.07. The topological polar surface area (TPSA) is 115 Å². The van der Waals surface area contributed by atoms with Crippen LogP contribution in [0.1, 0.15) is 30.6 Å². The van der Waals surface area contributed by atoms with E-state index in [1.165, 1.54) is 7.11 Å². The Hall–Kier alpha value is -3.16. The molecule has 2 rings (SSSR count). The molecule has 1 aromatic heterocycles. The van der Waals surface area contributed by atoms with Crippen molar-refractivity contribution in [1.82, 2.24) is 10.3 Å². The number of hydrogen-bond donors (Lipinski definition) is 2. The Labute approximate surface area is 155 Å². The first-order chi connectivity index (χ1) is 12.8. The van der Waals surface area contributed by atoms with Crippen molar-refractivity contribution in [2.24, 2.45) is 5.92 Å². The minimum atomic E-state index is -0.818. The van der Waals surface area contributed by atoms with Crippen LogP contribution < -0.4 is 10.9 Å². The van der Waals surface area contributed by atoms with Crippen LogP contribution in [0, 0.1) is 5.92 Å². The molecule has 0 fully saturated rings. The number of pyridine rings is 1. The van der Waals surface area contributed by atoms with Gasteiger partial charge in [0.15, 0.2) is 6.61 Å². The standard InChI is InChI=1S/C19H22N2O6/c1-11(2)8-15(19(25)26-3)21-17(23)10-27-18(24)13-9-16(22)20-14-7-5-4-6-12(13)14/h4-7,9,11,15H,8,10H2,1-3H3,(H,20,22)(H,21,23). The fourth-order valence-electron chi connectivity index (χ4n) is 2.65. The normalized spacial score (nSPS) is 11.9. The molecule has 0 radical (unpaired) electrons. The number of carbonyl (C=O) groups is 3. The number of hydrogen-bond acceptors (Lipinski definition) is 6. The predicted molar refractivity (Wildman–Crippen MR) is 98.3 cm³/mol. The van der Waals surface area contributed by atoms with Crippen LogP contribution >= 0.6 is 0 Å². The Balaban J connectivity index is 2.06. The van der Waals surface area contributed by atoms with Crippen LogP contribution in [0.15, 0.2) is 35.1 Å². The Morgan fingerprint density at radius 2 is 1.89 bits per heavy atom. The maximum atomic E-state index is 12.3. The van der Waals surface area contributed by atoms with Gasteiger partial charge in [0.2, 0.25) is 5.56 Å². The minimum Gasteiger partial charge on any atom is -0.467 e. The van der Waals surface area contributed by atoms with Crippen LogP contribution in [-0.2, 0) is 19.1 Å². The van der Waals surface area contributed by atoms with Gasteiger partial charge in [-0.2, -0.15) is 0 Å². The highest BCUT2D eigenvalue weighted by Gasteiger charge is 2.23. The van der Waals surface area contributed by atoms with Gasteiger partial charge in [-0.3, -0.25) is 9.59 Å². The lowest BCUT2D eigenvalue weighted by Crippen LogP contribution is -2.44. The van der Waals surface area contributed by atoms with Crippen molar-refractivity contribution in [3.63, 3.8) is 0 Å². The quantitative estimate of drug-likeness (QED) is 0.708. The number of benzene rings is 1. The van der Waals surface area contributed by atoms with Crippen LogP contribution in [-0.4, -0.2) is 42.6 Å². The fourth-order valence-corrected chi connectivity index (χ4v) is 2.65. The van der Waals surface area contributed by atoms with Crippen molar-refractivity contribution in [2.45, 2.75) is 26.3 Å². The molecular formula is C19H22N2O6. The molecule has 2 N–H and O–H groups in total. The highest BCUT2D eigenvalue weighted by molar-refractivity contribution is 6.03. The first-order valence-electron chi connectivity index (χ1n) is 8.48. The number of para-hydroxylation sites is 1. The summed E-state index contributed by atoms with van der Waals surface area (Å²) in [6.45, 7) is 3.23. The second kappa shape index (κ2) is 8.98. The van der Waals surface area contributed by atoms with Crippen LogP contribution in [0.25, 0.3) is 10.9 Å². The molecule has 0 aliphatic rings. The number of fused-ring (bicyclic) bond motifs is 1. The zero-order valence-corrected chi connectivity index (χ0v) is 15.4. The average Bonchev–Trinajstić information content (AvgIpc) is 2.63. The SMILES string of the molecule is COC(=O)C(CC(C)C)NC(=O)COC(=O)c1cc(=O)[nH]c2ccccc12. The summed E-state index contributed by atoms with van der Waals surface area (Å²) in [4.78, 5) is 50.5. The summed E-state index contributed by atoms with van der Waals surface area (Å²) in [5.41, 5.74) is 0.103. The number of carbonyl (C=O) groups excluding carboxylic acids is 3. The number of ether oxygens (including phenoxy) is 2. The van der Waals surface area contributed by atoms with Crippen LogP contribution in [0.4, 0.5) is 0 Å². The smallest absolute Gasteiger partial charge is 0.339 e. The first kappa shape index (κ1) is 20.2. The maximum Gasteiger partial charge on any atom is 0.339 e. The van der Waals surface area contributed by atoms with Crippen molar-refractivity contribution in [2.75, 3.05) is 13.7 Å². The second-order valence-electron chi connectivity index (χ2n) is 6.44. The number of amides is 1. The monoisotopic (exact) mass is 374 g/mol. The van der Waals surface area contributed by atoms with E-state index in [0.29, 0.717) is 17.3 Å². The molecule has 8 heteroatoms. The largest absolute Gasteiger partial charge is 0.467 e. The van der Waals surface area contributed by atoms with Crippen LogP contribution in [0.3, 0.4) is 0 Å². The predicted octanol–water partition coefficient (Wildman–Crippen LogP) is 1.39. The highest BCUT2D eigenvalue weighted by Crippen LogP contribution is 2.15. The second-order valence-corrected chi connectivity index (χ2v) is 6.44. The molecule has 1 unspecified atom stereocenters. The molecule has 0 aliphatic heterocycles. The van der Waals surface area contributed by atoms with Gasteiger partial charge in [0.25, 0.3) is 5.91 Å². The summed E-state index contributed by atoms with van der Waals surface area (Å²) in [5.74, 6) is -1.84. The van der Waals surface area contributed by atoms with E-state index < -0.39 is 36.1 Å². The zero-order valence-electron chi connectivity index (χ0n) is 15.4. The number of nitrogens with one attached hydrogen (secondary N) is 2. The summed E-state index contributed by atoms with van der Waals surface area (Å²) < 4.78 is 9.69. The lowest BCUT2D eigenvalue weighted by molar-refractivity contribution is -0.145. The minimum absolute atomic E-state index is 0.0637. The Kier molecular flexibility index (Phi) is 6.70. The molecule has 1 heterocycles. The average molecular weight is 374 g/mol. The molecule has 144 valence electrons. The van der Waals surface area contributed by atoms with Crippen molar-refractivity contribution in [3.05, 3.63) is 46.2 Å². The van der Waals surface area contributed by atoms with Gasteiger partial charge >= 0.3 is 11.9 Å². The summed E-state index contributed by atoms with van der Waals surface area (Å²) in [7, 11) is 1.24. The Morgan fingerprint density at radius 3 is 2.56 bits per heavy atom. The molecule has 0 bridgehead atoms. The molecule has 1 atom stereocenters. The third kappa shape index (κ3) is 5.40. The lowest BCUT2D eigenvalue weighted by Gasteiger charge is -2.18. The van der Waals surface area contributed by atoms with Crippen molar-refractivity contribution in [1.29, 1.82) is 0 Å². The number of methoxy groups -OCH3 is 1. The zero-order chi connectivity index (χ0) is 20.0. The third-order valence-corrected chi connectivity index (χ3v) is 3.83. The molecule has 0 saturated heterocycles. The summed E-state index contributed by atoms with van der Waals surface area (Å²) in [5, 5.41) is 3.00. The maximum absolute atomic E-state index is 12.3. The number of aromatic amines is 1. The van der Waals surface area contributed by atoms with Crippen LogP contribution in [0.5, 0.6) is 0 Å². The van der Waals surface area contributed by atoms with E-state index in [9.17, 15) is 19.2 Å². The molecule has 2 aromatic rings. The molecule has 1 aromatic carbocycles. The lowest BCUT2D eigenvalue weighted by atomic mass is 10.0. The van der Waals surface area contributed by atoms with Gasteiger partial charge in [-0.25, -0.2) is 9.59 Å². The molecule has 1 amide bonds. The van der Waals surface area contributed by atoms with Gasteiger partial charge in [-0.1, -0.05) is 32.0 Å². The van der Waals surface area contributed by atoms with E-state index in [0.717, 1.165) is 6.07 Å². The number of esters is 2. The Bertz CT molecular complexity index is 902. The van der Waals surface area contributed by atoms with E-state index in [2.05, 4.69) is 15.0 Å². The van der Waals surface area contributed by atoms with E-state index in [-0.39, 0.29) is 11.5 Å². The van der Waals surface area contributed by atoms with Crippen molar-refractivity contribution >= 4 is 28.7 Å². The van der Waals surface area contributed by atoms with E-state index in [1.54, 1.807) is 24.3 Å². The molecule has 0 spiro atoms. The van der Waals surface area contributed by atoms with Crippen molar-refractivity contribution < 1.29 is 23.9 Å². The number of H-pyrrole nitrogens is 1. The summed E-state index contributed by atoms with van der Waals surface area (Å²) >= 11 is 0. The van der Waals surface area contributed by atoms with Gasteiger partial charge in [0.05, 0.1) is 12.7 Å². The summed E-state index contributed by atoms with van der Waals surface area (Å²) in [6.07, 6.45) is 0.394. The molecule has 0 saturated carbocycles. The van der Waals surface area contributed by atoms with E-state index >= 15 is 0 Å². The van der Waals surface area contributed by atoms with Gasteiger partial charge in [0, 0.05) is 17.0 Å². The van der Waals surface area contributed by atoms with E-state index in [4.69, 9.17) is 4.74 Å². The molecule has 0 aliphatic carbocycles. The number of aromatic nitrogens is 1. The van der Waals surface area contributed by atoms with Gasteiger partial charge in [0.1, 0.15) is 6.04 Å². The van der Waals surface area contributed by atoms with E-state index in [1.807, 2.05) is 13.8 Å². The molecule has 8 nitrogen and oxygen atoms in total. The highest BCUT2D eigenvalue weighted by atomic mass is 16.5. The van der Waals surface area contributed by atoms with Gasteiger partial charge < -0.3 is 19.8 Å². The Morgan fingerprint density at radius 1 is 1.19 bits per heavy atom. The van der Waals surface area contributed by atoms with Crippen LogP contribution in [0.2, 0.25) is 0 Å². The first-order valence-corrected chi connectivity index (χ1v) is 8.48. The molecular weight excluding hydrogens is 352 g/mol. The fraction of sp³-hybridized carbons (Fsp3) is 0.368. The van der Waals surface area contributed by atoms with Gasteiger partial charge in [-0.15, -0.1) is 0 Å². The third-order valence-electron chi connectivity index (χ3n) is 3.83. The number of rotatable bonds is 7.